The maximum atomic E-state index is 12.8. The first kappa shape index (κ1) is 21.1. The molecule has 0 aromatic heterocycles. The number of ether oxygens (including phenoxy) is 1. The zero-order valence-corrected chi connectivity index (χ0v) is 17.5. The number of nitro groups is 1. The first-order valence-electron chi connectivity index (χ1n) is 8.69. The summed E-state index contributed by atoms with van der Waals surface area (Å²) in [6.45, 7) is 6.38. The lowest BCUT2D eigenvalue weighted by molar-refractivity contribution is -0.385. The van der Waals surface area contributed by atoms with E-state index in [2.05, 4.69) is 15.9 Å². The molecule has 1 aromatic rings. The number of carbonyl (C=O) groups is 2. The number of rotatable bonds is 3. The minimum Gasteiger partial charge on any atom is -0.444 e. The third-order valence-electron chi connectivity index (χ3n) is 4.39. The van der Waals surface area contributed by atoms with E-state index in [0.29, 0.717) is 25.9 Å². The molecule has 0 atom stereocenters. The molecular formula is C18H24BrN3O5. The number of carbonyl (C=O) groups excluding carboxylic acids is 2. The molecule has 2 rings (SSSR count). The van der Waals surface area contributed by atoms with E-state index in [1.807, 2.05) is 20.8 Å². The van der Waals surface area contributed by atoms with Crippen LogP contribution in [-0.4, -0.2) is 58.5 Å². The first-order chi connectivity index (χ1) is 12.5. The van der Waals surface area contributed by atoms with Crippen LogP contribution in [-0.2, 0) is 4.74 Å². The van der Waals surface area contributed by atoms with Gasteiger partial charge in [0.1, 0.15) is 10.1 Å². The van der Waals surface area contributed by atoms with Gasteiger partial charge in [0.05, 0.1) is 10.5 Å². The lowest BCUT2D eigenvalue weighted by Crippen LogP contribution is -2.48. The fourth-order valence-electron chi connectivity index (χ4n) is 2.94. The smallest absolute Gasteiger partial charge is 0.410 e. The molecule has 9 heteroatoms. The molecule has 1 aliphatic rings. The van der Waals surface area contributed by atoms with Crippen molar-refractivity contribution in [3.05, 3.63) is 38.3 Å². The second-order valence-corrected chi connectivity index (χ2v) is 8.30. The van der Waals surface area contributed by atoms with Gasteiger partial charge in [-0.25, -0.2) is 4.79 Å². The number of piperidine rings is 1. The van der Waals surface area contributed by atoms with Gasteiger partial charge >= 0.3 is 6.09 Å². The van der Waals surface area contributed by atoms with Crippen LogP contribution in [0.1, 0.15) is 44.0 Å². The summed E-state index contributed by atoms with van der Waals surface area (Å²) < 4.78 is 5.57. The third kappa shape index (κ3) is 5.18. The monoisotopic (exact) mass is 441 g/mol. The zero-order valence-electron chi connectivity index (χ0n) is 15.9. The molecule has 0 unspecified atom stereocenters. The number of hydrogen-bond acceptors (Lipinski definition) is 5. The Morgan fingerprint density at radius 1 is 1.30 bits per heavy atom. The van der Waals surface area contributed by atoms with Crippen molar-refractivity contribution >= 4 is 33.6 Å². The number of halogens is 1. The van der Waals surface area contributed by atoms with Gasteiger partial charge in [0.15, 0.2) is 0 Å². The van der Waals surface area contributed by atoms with Crippen molar-refractivity contribution in [1.29, 1.82) is 0 Å². The molecule has 0 N–H and O–H groups in total. The fourth-order valence-corrected chi connectivity index (χ4v) is 3.51. The lowest BCUT2D eigenvalue weighted by Gasteiger charge is -2.37. The highest BCUT2D eigenvalue weighted by atomic mass is 79.9. The molecule has 8 nitrogen and oxygen atoms in total. The summed E-state index contributed by atoms with van der Waals surface area (Å²) >= 11 is 3.17. The van der Waals surface area contributed by atoms with E-state index in [9.17, 15) is 19.7 Å². The Morgan fingerprint density at radius 2 is 1.89 bits per heavy atom. The SMILES string of the molecule is CN(C(=O)OC(C)(C)C)C1CCN(C(=O)c2cccc([N+](=O)[O-])c2Br)CC1. The first-order valence-corrected chi connectivity index (χ1v) is 9.48. The Balaban J connectivity index is 2.01. The van der Waals surface area contributed by atoms with Crippen LogP contribution in [0.2, 0.25) is 0 Å². The molecule has 0 aliphatic carbocycles. The van der Waals surface area contributed by atoms with Crippen molar-refractivity contribution in [2.24, 2.45) is 0 Å². The average Bonchev–Trinajstić information content (AvgIpc) is 2.59. The number of nitro benzene ring substituents is 1. The van der Waals surface area contributed by atoms with E-state index in [4.69, 9.17) is 4.74 Å². The molecular weight excluding hydrogens is 418 g/mol. The van der Waals surface area contributed by atoms with Crippen LogP contribution in [0.4, 0.5) is 10.5 Å². The van der Waals surface area contributed by atoms with Crippen molar-refractivity contribution in [1.82, 2.24) is 9.80 Å². The third-order valence-corrected chi connectivity index (χ3v) is 5.22. The Bertz CT molecular complexity index is 739. The highest BCUT2D eigenvalue weighted by molar-refractivity contribution is 9.10. The number of hydrogen-bond donors (Lipinski definition) is 0. The fraction of sp³-hybridized carbons (Fsp3) is 0.556. The van der Waals surface area contributed by atoms with E-state index >= 15 is 0 Å². The Kier molecular flexibility index (Phi) is 6.46. The largest absolute Gasteiger partial charge is 0.444 e. The minimum absolute atomic E-state index is 0.0162. The van der Waals surface area contributed by atoms with Gasteiger partial charge in [0.2, 0.25) is 0 Å². The molecule has 1 saturated heterocycles. The molecule has 0 bridgehead atoms. The van der Waals surface area contributed by atoms with Crippen LogP contribution in [0.3, 0.4) is 0 Å². The van der Waals surface area contributed by atoms with Gasteiger partial charge in [-0.3, -0.25) is 14.9 Å². The highest BCUT2D eigenvalue weighted by Crippen LogP contribution is 2.30. The van der Waals surface area contributed by atoms with Crippen LogP contribution < -0.4 is 0 Å². The summed E-state index contributed by atoms with van der Waals surface area (Å²) in [7, 11) is 1.70. The summed E-state index contributed by atoms with van der Waals surface area (Å²) in [5, 5.41) is 11.1. The minimum atomic E-state index is -0.559. The van der Waals surface area contributed by atoms with Gasteiger partial charge in [-0.2, -0.15) is 0 Å². The van der Waals surface area contributed by atoms with Gasteiger partial charge in [0, 0.05) is 32.2 Å². The predicted molar refractivity (Wildman–Crippen MR) is 104 cm³/mol. The van der Waals surface area contributed by atoms with E-state index in [0.717, 1.165) is 0 Å². The van der Waals surface area contributed by atoms with E-state index in [1.54, 1.807) is 22.9 Å². The quantitative estimate of drug-likeness (QED) is 0.524. The molecule has 1 aliphatic heterocycles. The second kappa shape index (κ2) is 8.24. The maximum Gasteiger partial charge on any atom is 0.410 e. The van der Waals surface area contributed by atoms with Gasteiger partial charge in [-0.15, -0.1) is 0 Å². The van der Waals surface area contributed by atoms with Crippen LogP contribution in [0.25, 0.3) is 0 Å². The van der Waals surface area contributed by atoms with Crippen LogP contribution in [0, 0.1) is 10.1 Å². The van der Waals surface area contributed by atoms with Crippen molar-refractivity contribution in [2.75, 3.05) is 20.1 Å². The summed E-state index contributed by atoms with van der Waals surface area (Å²) in [6, 6.07) is 4.40. The summed E-state index contributed by atoms with van der Waals surface area (Å²) in [5.41, 5.74) is -0.431. The van der Waals surface area contributed by atoms with E-state index < -0.39 is 10.5 Å². The summed E-state index contributed by atoms with van der Waals surface area (Å²) in [5.74, 6) is -0.260. The molecule has 148 valence electrons. The average molecular weight is 442 g/mol. The number of nitrogens with zero attached hydrogens (tertiary/aromatic N) is 3. The van der Waals surface area contributed by atoms with Gasteiger partial charge < -0.3 is 14.5 Å². The molecule has 27 heavy (non-hydrogen) atoms. The molecule has 1 fully saturated rings. The van der Waals surface area contributed by atoms with Crippen molar-refractivity contribution in [2.45, 2.75) is 45.3 Å². The van der Waals surface area contributed by atoms with Gasteiger partial charge in [-0.05, 0) is 55.6 Å². The Hall–Kier alpha value is -2.16. The highest BCUT2D eigenvalue weighted by Gasteiger charge is 2.31. The van der Waals surface area contributed by atoms with E-state index in [-0.39, 0.29) is 33.8 Å². The van der Waals surface area contributed by atoms with Crippen LogP contribution in [0.5, 0.6) is 0 Å². The molecule has 0 spiro atoms. The molecule has 1 heterocycles. The molecule has 0 radical (unpaired) electrons. The normalized spacial score (nSPS) is 15.4. The van der Waals surface area contributed by atoms with E-state index in [1.165, 1.54) is 12.1 Å². The summed E-state index contributed by atoms with van der Waals surface area (Å²) in [4.78, 5) is 38.7. The molecule has 2 amide bonds. The van der Waals surface area contributed by atoms with Crippen molar-refractivity contribution in [3.8, 4) is 0 Å². The maximum absolute atomic E-state index is 12.8. The predicted octanol–water partition coefficient (Wildman–Crippen LogP) is 3.83. The number of likely N-dealkylation sites (tertiary alicyclic amines) is 1. The lowest BCUT2D eigenvalue weighted by atomic mass is 10.0. The van der Waals surface area contributed by atoms with Gasteiger partial charge in [-0.1, -0.05) is 6.07 Å². The van der Waals surface area contributed by atoms with Gasteiger partial charge in [0.25, 0.3) is 11.6 Å². The number of amides is 2. The topological polar surface area (TPSA) is 93.0 Å². The Labute approximate surface area is 166 Å². The van der Waals surface area contributed by atoms with Crippen molar-refractivity contribution in [3.63, 3.8) is 0 Å². The van der Waals surface area contributed by atoms with Crippen LogP contribution in [0.15, 0.2) is 22.7 Å². The van der Waals surface area contributed by atoms with Crippen LogP contribution >= 0.6 is 15.9 Å². The standard InChI is InChI=1S/C18H24BrN3O5/c1-18(2,3)27-17(24)20(4)12-8-10-21(11-9-12)16(23)13-6-5-7-14(15(13)19)22(25)26/h5-7,12H,8-11H2,1-4H3. The molecule has 1 aromatic carbocycles. The second-order valence-electron chi connectivity index (χ2n) is 7.51. The number of benzene rings is 1. The zero-order chi connectivity index (χ0) is 20.4. The van der Waals surface area contributed by atoms with Crippen molar-refractivity contribution < 1.29 is 19.2 Å². The summed E-state index contributed by atoms with van der Waals surface area (Å²) in [6.07, 6.45) is 0.857. The molecule has 0 saturated carbocycles. The Morgan fingerprint density at radius 3 is 2.41 bits per heavy atom.